The number of carboxylic acids is 1. The molecular formula is C30H25F9N6O2. The zero-order valence-corrected chi connectivity index (χ0v) is 24.2. The van der Waals surface area contributed by atoms with Crippen LogP contribution >= 0.6 is 0 Å². The summed E-state index contributed by atoms with van der Waals surface area (Å²) in [6.45, 7) is 2.02. The fraction of sp³-hybridized carbons (Fsp3) is 0.267. The lowest BCUT2D eigenvalue weighted by molar-refractivity contribution is -0.192. The molecule has 1 unspecified atom stereocenters. The molecule has 1 atom stereocenters. The van der Waals surface area contributed by atoms with E-state index < -0.39 is 41.7 Å². The molecule has 0 radical (unpaired) electrons. The highest BCUT2D eigenvalue weighted by Crippen LogP contribution is 2.41. The number of aromatic nitrogens is 3. The topological polar surface area (TPSA) is 117 Å². The minimum Gasteiger partial charge on any atom is -0.475 e. The van der Waals surface area contributed by atoms with Crippen molar-refractivity contribution in [2.45, 2.75) is 44.3 Å². The largest absolute Gasteiger partial charge is 0.490 e. The molecule has 3 heterocycles. The van der Waals surface area contributed by atoms with Gasteiger partial charge in [0.05, 0.1) is 22.9 Å². The summed E-state index contributed by atoms with van der Waals surface area (Å²) in [6.07, 6.45) is -12.4. The number of aliphatic carboxylic acids is 1. The van der Waals surface area contributed by atoms with Gasteiger partial charge in [-0.2, -0.15) is 44.5 Å². The van der Waals surface area contributed by atoms with Gasteiger partial charge in [-0.1, -0.05) is 24.3 Å². The number of nitrogen functional groups attached to an aromatic ring is 1. The fourth-order valence-corrected chi connectivity index (χ4v) is 4.98. The van der Waals surface area contributed by atoms with Crippen molar-refractivity contribution in [2.24, 2.45) is 0 Å². The number of nitrogens with zero attached hydrogens (tertiary/aromatic N) is 4. The molecule has 1 aliphatic rings. The van der Waals surface area contributed by atoms with Gasteiger partial charge < -0.3 is 21.1 Å². The summed E-state index contributed by atoms with van der Waals surface area (Å²) < 4.78 is 113. The smallest absolute Gasteiger partial charge is 0.475 e. The number of hydrogen-bond acceptors (Lipinski definition) is 7. The lowest BCUT2D eigenvalue weighted by Gasteiger charge is -2.33. The number of carboxylic acid groups (broad SMARTS) is 1. The summed E-state index contributed by atoms with van der Waals surface area (Å²) in [7, 11) is 0. The summed E-state index contributed by atoms with van der Waals surface area (Å²) in [5, 5.41) is 10.1. The number of anilines is 4. The summed E-state index contributed by atoms with van der Waals surface area (Å²) >= 11 is 0. The molecule has 0 aliphatic carbocycles. The van der Waals surface area contributed by atoms with Crippen molar-refractivity contribution in [1.29, 1.82) is 0 Å². The van der Waals surface area contributed by atoms with Crippen molar-refractivity contribution in [3.8, 4) is 0 Å². The lowest BCUT2D eigenvalue weighted by Crippen LogP contribution is -2.33. The standard InChI is InChI=1S/C28H24F6N6.C2HF3O2/c1-16-5-2-3-6-19(16)23-15-22-20(12-14-40(23)25-21(28(32,33)34)7-4-13-36-25)24(39-26(35)38-22)37-18-10-8-17(9-11-18)27(29,30)31;3-2(4,5)1(6)7/h2-11,13,23H,12,14-15H2,1H3,(H3,35,37,38,39);(H,6,7). The first-order valence-corrected chi connectivity index (χ1v) is 13.6. The van der Waals surface area contributed by atoms with Crippen molar-refractivity contribution in [2.75, 3.05) is 22.5 Å². The van der Waals surface area contributed by atoms with Gasteiger partial charge in [0.15, 0.2) is 0 Å². The molecule has 2 aromatic heterocycles. The molecule has 0 amide bonds. The molecule has 0 saturated heterocycles. The van der Waals surface area contributed by atoms with Crippen LogP contribution in [0, 0.1) is 6.92 Å². The molecule has 5 rings (SSSR count). The summed E-state index contributed by atoms with van der Waals surface area (Å²) in [4.78, 5) is 23.4. The number of carbonyl (C=O) groups is 1. The number of halogens is 9. The van der Waals surface area contributed by atoms with E-state index in [9.17, 15) is 39.5 Å². The van der Waals surface area contributed by atoms with E-state index in [2.05, 4.69) is 20.3 Å². The minimum absolute atomic E-state index is 0.0704. The van der Waals surface area contributed by atoms with Gasteiger partial charge in [-0.15, -0.1) is 0 Å². The monoisotopic (exact) mass is 672 g/mol. The number of aryl methyl sites for hydroxylation is 1. The van der Waals surface area contributed by atoms with Crippen LogP contribution in [0.1, 0.15) is 39.6 Å². The zero-order chi connectivity index (χ0) is 34.7. The lowest BCUT2D eigenvalue weighted by atomic mass is 9.95. The van der Waals surface area contributed by atoms with E-state index in [4.69, 9.17) is 15.6 Å². The molecule has 4 aromatic rings. The Morgan fingerprint density at radius 1 is 0.915 bits per heavy atom. The average molecular weight is 673 g/mol. The second-order valence-corrected chi connectivity index (χ2v) is 10.3. The maximum atomic E-state index is 14.1. The number of nitrogens with two attached hydrogens (primary N) is 1. The molecule has 0 fully saturated rings. The van der Waals surface area contributed by atoms with Crippen LogP contribution in [0.3, 0.4) is 0 Å². The number of benzene rings is 2. The molecule has 47 heavy (non-hydrogen) atoms. The zero-order valence-electron chi connectivity index (χ0n) is 24.2. The molecule has 0 bridgehead atoms. The quantitative estimate of drug-likeness (QED) is 0.191. The molecule has 17 heteroatoms. The van der Waals surface area contributed by atoms with E-state index in [0.29, 0.717) is 16.9 Å². The van der Waals surface area contributed by atoms with Gasteiger partial charge in [-0.25, -0.2) is 14.8 Å². The molecular weight excluding hydrogens is 647 g/mol. The van der Waals surface area contributed by atoms with Gasteiger partial charge in [0.2, 0.25) is 5.95 Å². The minimum atomic E-state index is -5.08. The van der Waals surface area contributed by atoms with Crippen LogP contribution in [0.15, 0.2) is 66.9 Å². The third-order valence-electron chi connectivity index (χ3n) is 7.10. The molecule has 0 spiro atoms. The highest BCUT2D eigenvalue weighted by atomic mass is 19.4. The SMILES string of the molecule is Cc1ccccc1C1Cc2nc(N)nc(Nc3ccc(C(F)(F)F)cc3)c2CCN1c1ncccc1C(F)(F)F.O=C(O)C(F)(F)F. The summed E-state index contributed by atoms with van der Waals surface area (Å²) in [6, 6.07) is 13.5. The van der Waals surface area contributed by atoms with Crippen molar-refractivity contribution in [3.63, 3.8) is 0 Å². The van der Waals surface area contributed by atoms with Crippen LogP contribution in [0.2, 0.25) is 0 Å². The normalized spacial score (nSPS) is 15.2. The molecule has 2 aromatic carbocycles. The maximum Gasteiger partial charge on any atom is 0.490 e. The van der Waals surface area contributed by atoms with Gasteiger partial charge in [0, 0.05) is 30.4 Å². The Labute approximate surface area is 261 Å². The van der Waals surface area contributed by atoms with Gasteiger partial charge in [0.1, 0.15) is 11.6 Å². The first-order valence-electron chi connectivity index (χ1n) is 13.6. The Morgan fingerprint density at radius 2 is 1.55 bits per heavy atom. The Kier molecular flexibility index (Phi) is 9.87. The highest BCUT2D eigenvalue weighted by molar-refractivity contribution is 5.73. The molecule has 0 saturated carbocycles. The number of hydrogen-bond donors (Lipinski definition) is 3. The molecule has 250 valence electrons. The number of pyridine rings is 1. The predicted octanol–water partition coefficient (Wildman–Crippen LogP) is 7.52. The average Bonchev–Trinajstić information content (AvgIpc) is 3.16. The predicted molar refractivity (Wildman–Crippen MR) is 153 cm³/mol. The molecule has 1 aliphatic heterocycles. The van der Waals surface area contributed by atoms with Crippen molar-refractivity contribution >= 4 is 29.2 Å². The summed E-state index contributed by atoms with van der Waals surface area (Å²) in [5.41, 5.74) is 7.55. The van der Waals surface area contributed by atoms with Crippen LogP contribution < -0.4 is 16.0 Å². The van der Waals surface area contributed by atoms with Gasteiger partial charge in [-0.3, -0.25) is 0 Å². The Balaban J connectivity index is 0.000000644. The van der Waals surface area contributed by atoms with E-state index >= 15 is 0 Å². The van der Waals surface area contributed by atoms with Crippen molar-refractivity contribution in [3.05, 3.63) is 100 Å². The van der Waals surface area contributed by atoms with Crippen LogP contribution in [-0.2, 0) is 30.0 Å². The fourth-order valence-electron chi connectivity index (χ4n) is 4.98. The second-order valence-electron chi connectivity index (χ2n) is 10.3. The van der Waals surface area contributed by atoms with Gasteiger partial charge >= 0.3 is 24.5 Å². The number of alkyl halides is 9. The number of fused-ring (bicyclic) bond motifs is 1. The van der Waals surface area contributed by atoms with Crippen molar-refractivity contribution < 1.29 is 49.4 Å². The first kappa shape index (κ1) is 34.8. The Hall–Kier alpha value is -5.09. The van der Waals surface area contributed by atoms with Crippen LogP contribution in [0.4, 0.5) is 62.8 Å². The van der Waals surface area contributed by atoms with Gasteiger partial charge in [0.25, 0.3) is 0 Å². The van der Waals surface area contributed by atoms with E-state index in [1.54, 1.807) is 4.90 Å². The molecule has 4 N–H and O–H groups in total. The van der Waals surface area contributed by atoms with Crippen LogP contribution in [0.25, 0.3) is 0 Å². The van der Waals surface area contributed by atoms with Crippen molar-refractivity contribution in [1.82, 2.24) is 15.0 Å². The first-order chi connectivity index (χ1) is 21.9. The van der Waals surface area contributed by atoms with E-state index in [0.717, 1.165) is 29.3 Å². The van der Waals surface area contributed by atoms with E-state index in [1.807, 2.05) is 31.2 Å². The second kappa shape index (κ2) is 13.3. The Morgan fingerprint density at radius 3 is 2.13 bits per heavy atom. The third kappa shape index (κ3) is 8.39. The van der Waals surface area contributed by atoms with Crippen LogP contribution in [0.5, 0.6) is 0 Å². The number of nitrogens with one attached hydrogen (secondary N) is 1. The van der Waals surface area contributed by atoms with E-state index in [1.165, 1.54) is 24.4 Å². The maximum absolute atomic E-state index is 14.1. The third-order valence-corrected chi connectivity index (χ3v) is 7.10. The van der Waals surface area contributed by atoms with Crippen LogP contribution in [-0.4, -0.2) is 38.7 Å². The molecule has 8 nitrogen and oxygen atoms in total. The summed E-state index contributed by atoms with van der Waals surface area (Å²) in [5.74, 6) is -2.74. The van der Waals surface area contributed by atoms with Gasteiger partial charge in [-0.05, 0) is 60.9 Å². The highest BCUT2D eigenvalue weighted by Gasteiger charge is 2.39. The Bertz CT molecular complexity index is 1730. The number of rotatable bonds is 4. The van der Waals surface area contributed by atoms with E-state index in [-0.39, 0.29) is 37.0 Å².